The first-order chi connectivity index (χ1) is 21.6. The monoisotopic (exact) mass is 655 g/mol. The van der Waals surface area contributed by atoms with E-state index in [1.807, 2.05) is 30.5 Å². The smallest absolute Gasteiger partial charge is 0.407 e. The van der Waals surface area contributed by atoms with E-state index in [0.29, 0.717) is 31.6 Å². The fourth-order valence-corrected chi connectivity index (χ4v) is 8.19. The highest BCUT2D eigenvalue weighted by atomic mass is 28.3. The summed E-state index contributed by atoms with van der Waals surface area (Å²) in [5.74, 6) is -2.22. The molecule has 0 spiro atoms. The highest BCUT2D eigenvalue weighted by molar-refractivity contribution is 6.77. The molecule has 0 saturated carbocycles. The average Bonchev–Trinajstić information content (AvgIpc) is 3.38. The number of aliphatic carboxylic acids is 1. The molecule has 0 aliphatic heterocycles. The summed E-state index contributed by atoms with van der Waals surface area (Å²) in [6, 6.07) is 17.2. The lowest BCUT2D eigenvalue weighted by Crippen LogP contribution is -2.35. The Bertz CT molecular complexity index is 1470. The summed E-state index contributed by atoms with van der Waals surface area (Å²) in [5, 5.41) is 14.0. The molecule has 0 saturated heterocycles. The van der Waals surface area contributed by atoms with Gasteiger partial charge in [0.05, 0.1) is 21.1 Å². The molecule has 1 aromatic heterocycles. The number of halogens is 2. The Morgan fingerprint density at radius 1 is 0.978 bits per heavy atom. The number of nitrogens with zero attached hydrogens (tertiary/aromatic N) is 1. The van der Waals surface area contributed by atoms with Crippen LogP contribution in [0.5, 0.6) is 0 Å². The molecule has 3 N–H and O–H groups in total. The number of carboxylic acid groups (broad SMARTS) is 1. The van der Waals surface area contributed by atoms with Gasteiger partial charge in [-0.1, -0.05) is 64.2 Å². The van der Waals surface area contributed by atoms with Gasteiger partial charge in [-0.05, 0) is 53.8 Å². The van der Waals surface area contributed by atoms with Crippen LogP contribution in [0.25, 0.3) is 11.1 Å². The van der Waals surface area contributed by atoms with Gasteiger partial charge < -0.3 is 25.0 Å². The van der Waals surface area contributed by atoms with E-state index < -0.39 is 31.8 Å². The number of amides is 2. The second-order valence-corrected chi connectivity index (χ2v) is 18.8. The Morgan fingerprint density at radius 3 is 2.35 bits per heavy atom. The maximum absolute atomic E-state index is 14.9. The predicted molar refractivity (Wildman–Crippen MR) is 178 cm³/mol. The van der Waals surface area contributed by atoms with Crippen LogP contribution in [-0.2, 0) is 20.9 Å². The van der Waals surface area contributed by atoms with Gasteiger partial charge in [0.1, 0.15) is 11.6 Å². The molecule has 2 aromatic carbocycles. The highest BCUT2D eigenvalue weighted by Crippen LogP contribution is 2.44. The summed E-state index contributed by atoms with van der Waals surface area (Å²) in [5.41, 5.74) is 2.89. The van der Waals surface area contributed by atoms with E-state index in [1.54, 1.807) is 0 Å². The molecular formula is C35H47F2N3O5Si. The normalized spacial score (nSPS) is 12.4. The second-order valence-electron chi connectivity index (χ2n) is 13.6. The summed E-state index contributed by atoms with van der Waals surface area (Å²) in [7, 11) is -1.94. The van der Waals surface area contributed by atoms with E-state index in [1.165, 1.54) is 6.07 Å². The summed E-state index contributed by atoms with van der Waals surface area (Å²) in [6.45, 7) is 12.7. The van der Waals surface area contributed by atoms with Crippen LogP contribution in [0.2, 0.25) is 25.2 Å². The zero-order chi connectivity index (χ0) is 33.9. The van der Waals surface area contributed by atoms with Crippen molar-refractivity contribution in [2.45, 2.75) is 77.7 Å². The molecule has 1 heterocycles. The van der Waals surface area contributed by atoms with Crippen molar-refractivity contribution in [1.29, 1.82) is 0 Å². The van der Waals surface area contributed by atoms with Gasteiger partial charge in [-0.2, -0.15) is 0 Å². The van der Waals surface area contributed by atoms with Gasteiger partial charge in [-0.3, -0.25) is 9.59 Å². The van der Waals surface area contributed by atoms with Crippen LogP contribution >= 0.6 is 0 Å². The van der Waals surface area contributed by atoms with Crippen molar-refractivity contribution in [3.8, 4) is 11.1 Å². The number of carbonyl (C=O) groups is 3. The number of carboxylic acids is 1. The van der Waals surface area contributed by atoms with Crippen LogP contribution in [-0.4, -0.2) is 55.4 Å². The number of carbonyl (C=O) groups excluding carboxylic acids is 2. The van der Waals surface area contributed by atoms with Gasteiger partial charge >= 0.3 is 12.1 Å². The number of benzene rings is 2. The van der Waals surface area contributed by atoms with Crippen molar-refractivity contribution < 1.29 is 33.0 Å². The zero-order valence-corrected chi connectivity index (χ0v) is 28.5. The van der Waals surface area contributed by atoms with Crippen LogP contribution < -0.4 is 10.6 Å². The Labute approximate surface area is 271 Å². The average molecular weight is 656 g/mol. The predicted octanol–water partition coefficient (Wildman–Crippen LogP) is 7.42. The first-order valence-corrected chi connectivity index (χ1v) is 19.1. The van der Waals surface area contributed by atoms with E-state index in [-0.39, 0.29) is 42.3 Å². The molecule has 0 aliphatic carbocycles. The van der Waals surface area contributed by atoms with E-state index in [2.05, 4.69) is 61.2 Å². The largest absolute Gasteiger partial charge is 0.481 e. The van der Waals surface area contributed by atoms with Crippen molar-refractivity contribution in [3.63, 3.8) is 0 Å². The van der Waals surface area contributed by atoms with E-state index in [4.69, 9.17) is 9.84 Å². The zero-order valence-electron chi connectivity index (χ0n) is 27.5. The van der Waals surface area contributed by atoms with Crippen LogP contribution in [0.1, 0.15) is 57.2 Å². The molecule has 3 aromatic rings. The maximum atomic E-state index is 14.9. The van der Waals surface area contributed by atoms with Gasteiger partial charge in [0, 0.05) is 55.0 Å². The molecule has 3 rings (SSSR count). The lowest BCUT2D eigenvalue weighted by atomic mass is 9.79. The van der Waals surface area contributed by atoms with Crippen molar-refractivity contribution in [2.24, 2.45) is 5.41 Å². The van der Waals surface area contributed by atoms with Crippen LogP contribution in [0.4, 0.5) is 13.6 Å². The fraction of sp³-hybridized carbons (Fsp3) is 0.457. The number of aromatic nitrogens is 1. The van der Waals surface area contributed by atoms with Crippen molar-refractivity contribution in [2.75, 3.05) is 19.7 Å². The molecule has 0 fully saturated rings. The Hall–Kier alpha value is -3.99. The number of rotatable bonds is 16. The summed E-state index contributed by atoms with van der Waals surface area (Å²) in [4.78, 5) is 34.4. The minimum atomic E-state index is -1.94. The summed E-state index contributed by atoms with van der Waals surface area (Å²) >= 11 is 0. The minimum absolute atomic E-state index is 0.0773. The van der Waals surface area contributed by atoms with Crippen LogP contribution in [0, 0.1) is 17.0 Å². The molecule has 1 atom stereocenters. The summed E-state index contributed by atoms with van der Waals surface area (Å²) < 4.78 is 36.7. The first kappa shape index (κ1) is 36.5. The Balaban J connectivity index is 1.66. The van der Waals surface area contributed by atoms with Crippen LogP contribution in [0.15, 0.2) is 60.8 Å². The fourth-order valence-electron chi connectivity index (χ4n) is 5.40. The van der Waals surface area contributed by atoms with Gasteiger partial charge in [-0.15, -0.1) is 0 Å². The molecule has 0 aliphatic rings. The van der Waals surface area contributed by atoms with Crippen molar-refractivity contribution >= 4 is 26.0 Å². The lowest BCUT2D eigenvalue weighted by Gasteiger charge is -2.37. The standard InChI is InChI=1S/C35H47F2N3O5Si/c1-35(2,3)29(24-46(4,5)19-18-45-34(44)39-17-9-16-38-32(41)14-15-33(42)43)31-20-26(28-21-27(36)12-13-30(28)37)23-40(31)22-25-10-7-6-8-11-25/h6-8,10-13,20-21,23,29H,9,14-19,22,24H2,1-5H3,(H,38,41)(H,39,44)(H,42,43)/t29-/m0/s1. The molecule has 8 nitrogen and oxygen atoms in total. The van der Waals surface area contributed by atoms with Crippen LogP contribution in [0.3, 0.4) is 0 Å². The highest BCUT2D eigenvalue weighted by Gasteiger charge is 2.35. The van der Waals surface area contributed by atoms with Gasteiger partial charge in [0.25, 0.3) is 0 Å². The van der Waals surface area contributed by atoms with Crippen molar-refractivity contribution in [1.82, 2.24) is 15.2 Å². The SMILES string of the molecule is CC(C)(C)[C@@H](C[Si](C)(C)CCOC(=O)NCCCNC(=O)CCC(=O)O)c1cc(-c2cc(F)ccc2F)cn1Cc1ccccc1. The third-order valence-electron chi connectivity index (χ3n) is 8.05. The third-order valence-corrected chi connectivity index (χ3v) is 11.1. The van der Waals surface area contributed by atoms with E-state index in [9.17, 15) is 23.2 Å². The molecule has 250 valence electrons. The lowest BCUT2D eigenvalue weighted by molar-refractivity contribution is -0.138. The molecule has 0 bridgehead atoms. The van der Waals surface area contributed by atoms with Crippen molar-refractivity contribution in [3.05, 3.63) is 83.7 Å². The quantitative estimate of drug-likeness (QED) is 0.110. The molecular weight excluding hydrogens is 608 g/mol. The number of hydrogen-bond acceptors (Lipinski definition) is 4. The Morgan fingerprint density at radius 2 is 1.67 bits per heavy atom. The van der Waals surface area contributed by atoms with Gasteiger partial charge in [-0.25, -0.2) is 13.6 Å². The second kappa shape index (κ2) is 16.5. The van der Waals surface area contributed by atoms with Gasteiger partial charge in [0.2, 0.25) is 5.91 Å². The number of nitrogens with one attached hydrogen (secondary N) is 2. The molecule has 0 radical (unpaired) electrons. The molecule has 0 unspecified atom stereocenters. The maximum Gasteiger partial charge on any atom is 0.407 e. The van der Waals surface area contributed by atoms with Gasteiger partial charge in [0.15, 0.2) is 0 Å². The van der Waals surface area contributed by atoms with E-state index in [0.717, 1.165) is 35.5 Å². The summed E-state index contributed by atoms with van der Waals surface area (Å²) in [6.07, 6.45) is 1.59. The number of alkyl carbamates (subject to hydrolysis) is 1. The topological polar surface area (TPSA) is 110 Å². The molecule has 2 amide bonds. The van der Waals surface area contributed by atoms with E-state index >= 15 is 0 Å². The third kappa shape index (κ3) is 11.7. The minimum Gasteiger partial charge on any atom is -0.481 e. The molecule has 46 heavy (non-hydrogen) atoms. The number of ether oxygens (including phenoxy) is 1. The molecule has 11 heteroatoms. The first-order valence-electron chi connectivity index (χ1n) is 15.7. The Kier molecular flexibility index (Phi) is 13.1. The number of hydrogen-bond donors (Lipinski definition) is 3.